The van der Waals surface area contributed by atoms with Gasteiger partial charge in [0.25, 0.3) is 5.91 Å². The standard InChI is InChI=1S/C14H20ClN3OS/c1-14(2,3)12-11(20-17-16-12)13(19)18-9-4-5-10(18)7-8(15)6-9/h8-10H,4-7H2,1-3H3. The fraction of sp³-hybridized carbons (Fsp3) is 0.786. The maximum Gasteiger partial charge on any atom is 0.268 e. The monoisotopic (exact) mass is 313 g/mol. The van der Waals surface area contributed by atoms with E-state index in [-0.39, 0.29) is 16.7 Å². The van der Waals surface area contributed by atoms with Gasteiger partial charge in [-0.2, -0.15) is 0 Å². The van der Waals surface area contributed by atoms with Gasteiger partial charge in [-0.15, -0.1) is 16.7 Å². The van der Waals surface area contributed by atoms with Crippen LogP contribution in [0.1, 0.15) is 61.8 Å². The number of rotatable bonds is 1. The predicted molar refractivity (Wildman–Crippen MR) is 80.5 cm³/mol. The molecule has 4 nitrogen and oxygen atoms in total. The van der Waals surface area contributed by atoms with E-state index < -0.39 is 0 Å². The molecule has 1 aromatic rings. The molecule has 3 heterocycles. The van der Waals surface area contributed by atoms with E-state index >= 15 is 0 Å². The van der Waals surface area contributed by atoms with E-state index in [9.17, 15) is 4.79 Å². The third-order valence-electron chi connectivity index (χ3n) is 4.30. The van der Waals surface area contributed by atoms with Crippen LogP contribution in [0.2, 0.25) is 0 Å². The molecular weight excluding hydrogens is 294 g/mol. The summed E-state index contributed by atoms with van der Waals surface area (Å²) in [5, 5.41) is 4.40. The molecule has 20 heavy (non-hydrogen) atoms. The molecule has 2 atom stereocenters. The molecule has 2 aliphatic rings. The molecule has 6 heteroatoms. The van der Waals surface area contributed by atoms with Gasteiger partial charge in [-0.1, -0.05) is 25.3 Å². The zero-order valence-corrected chi connectivity index (χ0v) is 13.7. The maximum atomic E-state index is 12.9. The smallest absolute Gasteiger partial charge is 0.268 e. The summed E-state index contributed by atoms with van der Waals surface area (Å²) in [5.41, 5.74) is 0.668. The largest absolute Gasteiger partial charge is 0.332 e. The summed E-state index contributed by atoms with van der Waals surface area (Å²) in [7, 11) is 0. The lowest BCUT2D eigenvalue weighted by atomic mass is 9.91. The zero-order valence-electron chi connectivity index (χ0n) is 12.1. The Balaban J connectivity index is 1.89. The minimum atomic E-state index is -0.151. The maximum absolute atomic E-state index is 12.9. The molecule has 3 rings (SSSR count). The van der Waals surface area contributed by atoms with Gasteiger partial charge in [-0.05, 0) is 37.2 Å². The van der Waals surface area contributed by atoms with Crippen molar-refractivity contribution in [3.63, 3.8) is 0 Å². The van der Waals surface area contributed by atoms with Crippen LogP contribution >= 0.6 is 23.1 Å². The van der Waals surface area contributed by atoms with Crippen LogP contribution in [0.15, 0.2) is 0 Å². The van der Waals surface area contributed by atoms with Crippen molar-refractivity contribution in [2.75, 3.05) is 0 Å². The number of hydrogen-bond donors (Lipinski definition) is 0. The Hall–Kier alpha value is -0.680. The predicted octanol–water partition coefficient (Wildman–Crippen LogP) is 3.21. The van der Waals surface area contributed by atoms with E-state index in [1.165, 1.54) is 11.5 Å². The van der Waals surface area contributed by atoms with Crippen molar-refractivity contribution in [1.82, 2.24) is 14.5 Å². The van der Waals surface area contributed by atoms with E-state index in [4.69, 9.17) is 11.6 Å². The highest BCUT2D eigenvalue weighted by Gasteiger charge is 2.44. The van der Waals surface area contributed by atoms with E-state index in [2.05, 4.69) is 35.3 Å². The Kier molecular flexibility index (Phi) is 3.53. The van der Waals surface area contributed by atoms with Crippen LogP contribution in [0.5, 0.6) is 0 Å². The average Bonchev–Trinajstić information content (AvgIpc) is 2.92. The quantitative estimate of drug-likeness (QED) is 0.748. The number of halogens is 1. The highest BCUT2D eigenvalue weighted by atomic mass is 35.5. The second-order valence-corrected chi connectivity index (χ2v) is 8.24. The summed E-state index contributed by atoms with van der Waals surface area (Å²) >= 11 is 7.51. The molecule has 2 unspecified atom stereocenters. The summed E-state index contributed by atoms with van der Waals surface area (Å²) in [5.74, 6) is 0.112. The third-order valence-corrected chi connectivity index (χ3v) is 5.37. The number of piperidine rings is 1. The van der Waals surface area contributed by atoms with Crippen LogP contribution in [0.3, 0.4) is 0 Å². The lowest BCUT2D eigenvalue weighted by Gasteiger charge is -2.37. The summed E-state index contributed by atoms with van der Waals surface area (Å²) in [6.45, 7) is 6.21. The average molecular weight is 314 g/mol. The van der Waals surface area contributed by atoms with Gasteiger partial charge in [-0.25, -0.2) is 0 Å². The van der Waals surface area contributed by atoms with E-state index in [1.807, 2.05) is 0 Å². The first-order valence-corrected chi connectivity index (χ1v) is 8.38. The van der Waals surface area contributed by atoms with Crippen LogP contribution in [-0.4, -0.2) is 37.9 Å². The molecule has 0 N–H and O–H groups in total. The summed E-state index contributed by atoms with van der Waals surface area (Å²) in [4.78, 5) is 15.7. The molecule has 2 saturated heterocycles. The Bertz CT molecular complexity index is 511. The normalized spacial score (nSPS) is 29.8. The summed E-state index contributed by atoms with van der Waals surface area (Å²) < 4.78 is 4.01. The summed E-state index contributed by atoms with van der Waals surface area (Å²) in [6.07, 6.45) is 4.00. The van der Waals surface area contributed by atoms with Gasteiger partial charge in [0, 0.05) is 22.9 Å². The molecule has 0 aliphatic carbocycles. The minimum absolute atomic E-state index is 0.112. The fourth-order valence-electron chi connectivity index (χ4n) is 3.38. The molecule has 1 amide bonds. The van der Waals surface area contributed by atoms with E-state index in [1.54, 1.807) is 0 Å². The second kappa shape index (κ2) is 4.95. The van der Waals surface area contributed by atoms with Crippen molar-refractivity contribution in [2.24, 2.45) is 0 Å². The molecule has 0 radical (unpaired) electrons. The molecular formula is C14H20ClN3OS. The number of carbonyl (C=O) groups is 1. The number of hydrogen-bond acceptors (Lipinski definition) is 4. The molecule has 0 saturated carbocycles. The second-order valence-electron chi connectivity index (χ2n) is 6.87. The van der Waals surface area contributed by atoms with Gasteiger partial charge in [0.15, 0.2) is 0 Å². The molecule has 2 aliphatic heterocycles. The van der Waals surface area contributed by atoms with Crippen LogP contribution in [-0.2, 0) is 5.41 Å². The molecule has 0 spiro atoms. The SMILES string of the molecule is CC(C)(C)c1nnsc1C(=O)N1C2CCC1CC(Cl)C2. The van der Waals surface area contributed by atoms with Crippen LogP contribution in [0, 0.1) is 0 Å². The van der Waals surface area contributed by atoms with Crippen LogP contribution < -0.4 is 0 Å². The van der Waals surface area contributed by atoms with E-state index in [0.717, 1.165) is 31.4 Å². The van der Waals surface area contributed by atoms with Crippen molar-refractivity contribution >= 4 is 29.0 Å². The summed E-state index contributed by atoms with van der Waals surface area (Å²) in [6, 6.07) is 0.609. The van der Waals surface area contributed by atoms with Crippen LogP contribution in [0.4, 0.5) is 0 Å². The lowest BCUT2D eigenvalue weighted by molar-refractivity contribution is 0.0602. The Labute approximate surface area is 128 Å². The van der Waals surface area contributed by atoms with Gasteiger partial charge >= 0.3 is 0 Å². The first-order valence-electron chi connectivity index (χ1n) is 7.17. The topological polar surface area (TPSA) is 46.1 Å². The van der Waals surface area contributed by atoms with Gasteiger partial charge in [-0.3, -0.25) is 4.79 Å². The lowest BCUT2D eigenvalue weighted by Crippen LogP contribution is -2.47. The molecule has 110 valence electrons. The van der Waals surface area contributed by atoms with Crippen molar-refractivity contribution in [1.29, 1.82) is 0 Å². The molecule has 2 fully saturated rings. The van der Waals surface area contributed by atoms with Crippen molar-refractivity contribution in [3.8, 4) is 0 Å². The van der Waals surface area contributed by atoms with Crippen molar-refractivity contribution in [2.45, 2.75) is 69.3 Å². The number of amides is 1. The van der Waals surface area contributed by atoms with Gasteiger partial charge < -0.3 is 4.90 Å². The van der Waals surface area contributed by atoms with Crippen LogP contribution in [0.25, 0.3) is 0 Å². The number of nitrogens with zero attached hydrogens (tertiary/aromatic N) is 3. The number of aromatic nitrogens is 2. The first-order chi connectivity index (χ1) is 9.38. The van der Waals surface area contributed by atoms with E-state index in [0.29, 0.717) is 17.0 Å². The fourth-order valence-corrected chi connectivity index (χ4v) is 4.61. The molecule has 2 bridgehead atoms. The highest BCUT2D eigenvalue weighted by molar-refractivity contribution is 7.08. The highest BCUT2D eigenvalue weighted by Crippen LogP contribution is 2.39. The van der Waals surface area contributed by atoms with Gasteiger partial charge in [0.2, 0.25) is 0 Å². The minimum Gasteiger partial charge on any atom is -0.332 e. The number of carbonyl (C=O) groups excluding carboxylic acids is 1. The van der Waals surface area contributed by atoms with Crippen molar-refractivity contribution in [3.05, 3.63) is 10.6 Å². The number of alkyl halides is 1. The third kappa shape index (κ3) is 2.35. The van der Waals surface area contributed by atoms with Gasteiger partial charge in [0.1, 0.15) is 4.88 Å². The Morgan fingerprint density at radius 2 is 1.90 bits per heavy atom. The Morgan fingerprint density at radius 1 is 1.30 bits per heavy atom. The van der Waals surface area contributed by atoms with Gasteiger partial charge in [0.05, 0.1) is 5.69 Å². The molecule has 0 aromatic carbocycles. The molecule has 1 aromatic heterocycles. The zero-order chi connectivity index (χ0) is 14.5. The van der Waals surface area contributed by atoms with Crippen molar-refractivity contribution < 1.29 is 4.79 Å². The number of fused-ring (bicyclic) bond motifs is 2. The Morgan fingerprint density at radius 3 is 2.45 bits per heavy atom. The first kappa shape index (κ1) is 14.3.